The SMILES string of the molecule is NC1CCOC1Cl. The number of hydrogen-bond acceptors (Lipinski definition) is 2. The second-order valence-corrected chi connectivity index (χ2v) is 2.10. The fourth-order valence-electron chi connectivity index (χ4n) is 0.571. The first kappa shape index (κ1) is 5.35. The first-order chi connectivity index (χ1) is 3.30. The second kappa shape index (κ2) is 1.99. The predicted molar refractivity (Wildman–Crippen MR) is 28.2 cm³/mol. The van der Waals surface area contributed by atoms with Crippen molar-refractivity contribution in [3.05, 3.63) is 0 Å². The van der Waals surface area contributed by atoms with E-state index < -0.39 is 0 Å². The van der Waals surface area contributed by atoms with Crippen LogP contribution in [0.25, 0.3) is 0 Å². The molecule has 3 heteroatoms. The molecule has 2 atom stereocenters. The molecule has 42 valence electrons. The summed E-state index contributed by atoms with van der Waals surface area (Å²) in [5, 5.41) is 0. The minimum atomic E-state index is -0.236. The lowest BCUT2D eigenvalue weighted by molar-refractivity contribution is 0.163. The van der Waals surface area contributed by atoms with Gasteiger partial charge in [0, 0.05) is 6.04 Å². The lowest BCUT2D eigenvalue weighted by atomic mass is 10.3. The standard InChI is InChI=1S/C4H8ClNO/c5-4-3(6)1-2-7-4/h3-4H,1-2,6H2. The fourth-order valence-corrected chi connectivity index (χ4v) is 0.786. The van der Waals surface area contributed by atoms with Crippen molar-refractivity contribution in [2.45, 2.75) is 18.0 Å². The summed E-state index contributed by atoms with van der Waals surface area (Å²) in [6.45, 7) is 0.718. The monoisotopic (exact) mass is 121 g/mol. The van der Waals surface area contributed by atoms with E-state index in [4.69, 9.17) is 22.1 Å². The van der Waals surface area contributed by atoms with Gasteiger partial charge in [-0.15, -0.1) is 0 Å². The molecule has 0 bridgehead atoms. The highest BCUT2D eigenvalue weighted by Gasteiger charge is 2.21. The maximum atomic E-state index is 5.52. The van der Waals surface area contributed by atoms with Crippen LogP contribution in [-0.2, 0) is 4.74 Å². The Bertz CT molecular complexity index is 60.7. The van der Waals surface area contributed by atoms with Crippen molar-refractivity contribution in [1.29, 1.82) is 0 Å². The van der Waals surface area contributed by atoms with Crippen molar-refractivity contribution in [3.63, 3.8) is 0 Å². The first-order valence-corrected chi connectivity index (χ1v) is 2.75. The fraction of sp³-hybridized carbons (Fsp3) is 1.00. The molecule has 0 aromatic rings. The molecule has 0 spiro atoms. The van der Waals surface area contributed by atoms with E-state index in [0.29, 0.717) is 0 Å². The third-order valence-electron chi connectivity index (χ3n) is 1.06. The van der Waals surface area contributed by atoms with Crippen LogP contribution >= 0.6 is 11.6 Å². The molecule has 0 saturated carbocycles. The molecule has 1 heterocycles. The van der Waals surface area contributed by atoms with E-state index in [2.05, 4.69) is 0 Å². The summed E-state index contributed by atoms with van der Waals surface area (Å²) in [6.07, 6.45) is 0.897. The van der Waals surface area contributed by atoms with Gasteiger partial charge in [-0.1, -0.05) is 11.6 Å². The molecule has 1 rings (SSSR count). The summed E-state index contributed by atoms with van der Waals surface area (Å²) in [5.41, 5.74) is 5.19. The van der Waals surface area contributed by atoms with E-state index in [1.165, 1.54) is 0 Å². The van der Waals surface area contributed by atoms with Crippen LogP contribution in [0, 0.1) is 0 Å². The number of alkyl halides is 1. The summed E-state index contributed by atoms with van der Waals surface area (Å²) in [5.74, 6) is 0. The van der Waals surface area contributed by atoms with E-state index >= 15 is 0 Å². The summed E-state index contributed by atoms with van der Waals surface area (Å²) in [6, 6.07) is 0.0571. The molecule has 1 fully saturated rings. The number of nitrogens with two attached hydrogens (primary N) is 1. The van der Waals surface area contributed by atoms with E-state index in [1.807, 2.05) is 0 Å². The van der Waals surface area contributed by atoms with E-state index in [0.717, 1.165) is 13.0 Å². The highest BCUT2D eigenvalue weighted by Crippen LogP contribution is 2.13. The molecule has 0 amide bonds. The van der Waals surface area contributed by atoms with Gasteiger partial charge in [0.15, 0.2) is 0 Å². The summed E-state index contributed by atoms with van der Waals surface area (Å²) in [7, 11) is 0. The highest BCUT2D eigenvalue weighted by atomic mass is 35.5. The van der Waals surface area contributed by atoms with Crippen molar-refractivity contribution < 1.29 is 4.74 Å². The van der Waals surface area contributed by atoms with Crippen molar-refractivity contribution in [1.82, 2.24) is 0 Å². The molecule has 1 aliphatic heterocycles. The van der Waals surface area contributed by atoms with Gasteiger partial charge in [-0.25, -0.2) is 0 Å². The zero-order valence-electron chi connectivity index (χ0n) is 3.93. The van der Waals surface area contributed by atoms with Crippen LogP contribution < -0.4 is 5.73 Å². The Morgan fingerprint density at radius 1 is 1.71 bits per heavy atom. The normalized spacial score (nSPS) is 42.0. The van der Waals surface area contributed by atoms with Crippen LogP contribution in [0.3, 0.4) is 0 Å². The maximum absolute atomic E-state index is 5.52. The lowest BCUT2D eigenvalue weighted by Gasteiger charge is -2.02. The van der Waals surface area contributed by atoms with Crippen molar-refractivity contribution >= 4 is 11.6 Å². The zero-order valence-corrected chi connectivity index (χ0v) is 4.69. The molecule has 0 aromatic carbocycles. The Hall–Kier alpha value is 0.210. The predicted octanol–water partition coefficient (Wildman–Crippen LogP) is 0.299. The molecule has 0 radical (unpaired) electrons. The van der Waals surface area contributed by atoms with Gasteiger partial charge in [-0.05, 0) is 6.42 Å². The molecular weight excluding hydrogens is 114 g/mol. The highest BCUT2D eigenvalue weighted by molar-refractivity contribution is 6.20. The van der Waals surface area contributed by atoms with Crippen LogP contribution in [0.15, 0.2) is 0 Å². The maximum Gasteiger partial charge on any atom is 0.146 e. The molecule has 1 aliphatic rings. The number of rotatable bonds is 0. The molecule has 7 heavy (non-hydrogen) atoms. The molecule has 1 saturated heterocycles. The van der Waals surface area contributed by atoms with Crippen LogP contribution in [0.1, 0.15) is 6.42 Å². The smallest absolute Gasteiger partial charge is 0.146 e. The average Bonchev–Trinajstić information content (AvgIpc) is 1.91. The van der Waals surface area contributed by atoms with E-state index in [-0.39, 0.29) is 11.6 Å². The number of hydrogen-bond donors (Lipinski definition) is 1. The van der Waals surface area contributed by atoms with Gasteiger partial charge >= 0.3 is 0 Å². The van der Waals surface area contributed by atoms with Crippen molar-refractivity contribution in [2.24, 2.45) is 5.73 Å². The minimum absolute atomic E-state index is 0.0571. The number of ether oxygens (including phenoxy) is 1. The molecule has 2 unspecified atom stereocenters. The molecule has 2 nitrogen and oxygen atoms in total. The van der Waals surface area contributed by atoms with Crippen molar-refractivity contribution in [3.8, 4) is 0 Å². The van der Waals surface area contributed by atoms with Gasteiger partial charge < -0.3 is 10.5 Å². The third-order valence-corrected chi connectivity index (χ3v) is 1.51. The molecular formula is C4H8ClNO. The van der Waals surface area contributed by atoms with Crippen LogP contribution in [0.4, 0.5) is 0 Å². The Kier molecular flexibility index (Phi) is 1.52. The van der Waals surface area contributed by atoms with E-state index in [9.17, 15) is 0 Å². The van der Waals surface area contributed by atoms with Crippen LogP contribution in [0.5, 0.6) is 0 Å². The quantitative estimate of drug-likeness (QED) is 0.468. The first-order valence-electron chi connectivity index (χ1n) is 2.32. The minimum Gasteiger partial charge on any atom is -0.361 e. The Morgan fingerprint density at radius 3 is 2.57 bits per heavy atom. The van der Waals surface area contributed by atoms with Gasteiger partial charge in [0.25, 0.3) is 0 Å². The second-order valence-electron chi connectivity index (χ2n) is 1.67. The Labute approximate surface area is 47.6 Å². The lowest BCUT2D eigenvalue weighted by Crippen LogP contribution is -2.25. The average molecular weight is 122 g/mol. The van der Waals surface area contributed by atoms with Gasteiger partial charge in [0.1, 0.15) is 5.56 Å². The largest absolute Gasteiger partial charge is 0.361 e. The topological polar surface area (TPSA) is 35.2 Å². The van der Waals surface area contributed by atoms with Crippen LogP contribution in [-0.4, -0.2) is 18.2 Å². The van der Waals surface area contributed by atoms with E-state index in [1.54, 1.807) is 0 Å². The van der Waals surface area contributed by atoms with Crippen molar-refractivity contribution in [2.75, 3.05) is 6.61 Å². The molecule has 0 aliphatic carbocycles. The molecule has 2 N–H and O–H groups in total. The van der Waals surface area contributed by atoms with Gasteiger partial charge in [-0.3, -0.25) is 0 Å². The Balaban J connectivity index is 2.33. The number of halogens is 1. The third kappa shape index (κ3) is 1.06. The Morgan fingerprint density at radius 2 is 2.43 bits per heavy atom. The van der Waals surface area contributed by atoms with Crippen LogP contribution in [0.2, 0.25) is 0 Å². The van der Waals surface area contributed by atoms with Gasteiger partial charge in [-0.2, -0.15) is 0 Å². The zero-order chi connectivity index (χ0) is 5.28. The van der Waals surface area contributed by atoms with Gasteiger partial charge in [0.2, 0.25) is 0 Å². The summed E-state index contributed by atoms with van der Waals surface area (Å²) >= 11 is 5.52. The summed E-state index contributed by atoms with van der Waals surface area (Å²) in [4.78, 5) is 0. The summed E-state index contributed by atoms with van der Waals surface area (Å²) < 4.78 is 4.91. The van der Waals surface area contributed by atoms with Gasteiger partial charge in [0.05, 0.1) is 6.61 Å². The molecule has 0 aromatic heterocycles.